The number of rotatable bonds is 3. The molecule has 20 heavy (non-hydrogen) atoms. The van der Waals surface area contributed by atoms with Crippen LogP contribution < -0.4 is 0 Å². The van der Waals surface area contributed by atoms with Gasteiger partial charge in [0.1, 0.15) is 0 Å². The van der Waals surface area contributed by atoms with Crippen molar-refractivity contribution in [2.45, 2.75) is 13.0 Å². The second-order valence-corrected chi connectivity index (χ2v) is 4.54. The Morgan fingerprint density at radius 1 is 1.30 bits per heavy atom. The summed E-state index contributed by atoms with van der Waals surface area (Å²) in [6.45, 7) is 1.93. The summed E-state index contributed by atoms with van der Waals surface area (Å²) in [6, 6.07) is 12.5. The van der Waals surface area contributed by atoms with Gasteiger partial charge in [-0.05, 0) is 30.7 Å². The minimum Gasteiger partial charge on any atom is -0.335 e. The molecule has 1 aromatic heterocycles. The maximum absolute atomic E-state index is 12.5. The average Bonchev–Trinajstić information content (AvgIpc) is 2.53. The highest BCUT2D eigenvalue weighted by atomic mass is 16.2. The summed E-state index contributed by atoms with van der Waals surface area (Å²) in [5.74, 6) is -0.168. The molecular formula is C16H15N3O. The quantitative estimate of drug-likeness (QED) is 0.857. The summed E-state index contributed by atoms with van der Waals surface area (Å²) in [5.41, 5.74) is 1.77. The van der Waals surface area contributed by atoms with E-state index >= 15 is 0 Å². The van der Waals surface area contributed by atoms with Crippen LogP contribution in [-0.2, 0) is 0 Å². The predicted molar refractivity (Wildman–Crippen MR) is 75.9 cm³/mol. The van der Waals surface area contributed by atoms with E-state index in [0.29, 0.717) is 11.1 Å². The van der Waals surface area contributed by atoms with Gasteiger partial charge in [0.05, 0.1) is 23.2 Å². The normalized spacial score (nSPS) is 11.4. The fourth-order valence-corrected chi connectivity index (χ4v) is 1.98. The van der Waals surface area contributed by atoms with Gasteiger partial charge in [-0.15, -0.1) is 0 Å². The molecule has 1 aromatic carbocycles. The van der Waals surface area contributed by atoms with Crippen LogP contribution in [0.3, 0.4) is 0 Å². The molecule has 4 nitrogen and oxygen atoms in total. The van der Waals surface area contributed by atoms with Gasteiger partial charge in [-0.25, -0.2) is 0 Å². The molecule has 1 amide bonds. The smallest absolute Gasteiger partial charge is 0.255 e. The largest absolute Gasteiger partial charge is 0.335 e. The van der Waals surface area contributed by atoms with E-state index in [9.17, 15) is 4.79 Å². The Labute approximate surface area is 118 Å². The molecule has 0 aliphatic heterocycles. The molecule has 2 aromatic rings. The second kappa shape index (κ2) is 5.98. The van der Waals surface area contributed by atoms with Crippen molar-refractivity contribution in [1.82, 2.24) is 9.88 Å². The molecule has 0 bridgehead atoms. The fourth-order valence-electron chi connectivity index (χ4n) is 1.98. The third-order valence-corrected chi connectivity index (χ3v) is 3.35. The van der Waals surface area contributed by atoms with Gasteiger partial charge in [-0.3, -0.25) is 9.78 Å². The van der Waals surface area contributed by atoms with Gasteiger partial charge in [-0.2, -0.15) is 5.26 Å². The molecular weight excluding hydrogens is 250 g/mol. The first-order valence-electron chi connectivity index (χ1n) is 6.31. The minimum absolute atomic E-state index is 0.108. The molecule has 0 radical (unpaired) electrons. The highest BCUT2D eigenvalue weighted by Gasteiger charge is 2.20. The second-order valence-electron chi connectivity index (χ2n) is 4.54. The van der Waals surface area contributed by atoms with Crippen molar-refractivity contribution in [3.05, 3.63) is 65.5 Å². The maximum atomic E-state index is 12.5. The lowest BCUT2D eigenvalue weighted by atomic mass is 10.1. The Bertz CT molecular complexity index is 646. The lowest BCUT2D eigenvalue weighted by molar-refractivity contribution is 0.0742. The molecule has 0 saturated heterocycles. The van der Waals surface area contributed by atoms with E-state index in [1.165, 1.54) is 0 Å². The van der Waals surface area contributed by atoms with Crippen LogP contribution >= 0.6 is 0 Å². The highest BCUT2D eigenvalue weighted by Crippen LogP contribution is 2.20. The molecule has 0 saturated carbocycles. The van der Waals surface area contributed by atoms with Crippen molar-refractivity contribution < 1.29 is 4.79 Å². The predicted octanol–water partition coefficient (Wildman–Crippen LogP) is 2.79. The number of hydrogen-bond acceptors (Lipinski definition) is 3. The van der Waals surface area contributed by atoms with E-state index in [-0.39, 0.29) is 11.9 Å². The van der Waals surface area contributed by atoms with Crippen molar-refractivity contribution >= 4 is 5.91 Å². The van der Waals surface area contributed by atoms with Gasteiger partial charge in [0.15, 0.2) is 0 Å². The number of amides is 1. The Morgan fingerprint density at radius 3 is 2.70 bits per heavy atom. The number of pyridine rings is 1. The van der Waals surface area contributed by atoms with Gasteiger partial charge in [0.2, 0.25) is 0 Å². The third-order valence-electron chi connectivity index (χ3n) is 3.35. The van der Waals surface area contributed by atoms with Crippen LogP contribution in [0.15, 0.2) is 48.8 Å². The van der Waals surface area contributed by atoms with Crippen molar-refractivity contribution in [3.63, 3.8) is 0 Å². The van der Waals surface area contributed by atoms with Crippen LogP contribution in [0.25, 0.3) is 0 Å². The molecule has 1 heterocycles. The molecule has 0 spiro atoms. The van der Waals surface area contributed by atoms with E-state index in [0.717, 1.165) is 5.56 Å². The van der Waals surface area contributed by atoms with E-state index in [1.54, 1.807) is 48.6 Å². The third kappa shape index (κ3) is 2.67. The summed E-state index contributed by atoms with van der Waals surface area (Å²) in [6.07, 6.45) is 3.44. The molecule has 4 heteroatoms. The van der Waals surface area contributed by atoms with E-state index in [1.807, 2.05) is 19.1 Å². The van der Waals surface area contributed by atoms with Gasteiger partial charge >= 0.3 is 0 Å². The lowest BCUT2D eigenvalue weighted by Gasteiger charge is -2.25. The summed E-state index contributed by atoms with van der Waals surface area (Å²) in [4.78, 5) is 18.2. The molecule has 1 atom stereocenters. The minimum atomic E-state index is -0.168. The van der Waals surface area contributed by atoms with Crippen molar-refractivity contribution in [2.24, 2.45) is 0 Å². The number of nitrogens with zero attached hydrogens (tertiary/aromatic N) is 3. The summed E-state index contributed by atoms with van der Waals surface area (Å²) < 4.78 is 0. The van der Waals surface area contributed by atoms with Crippen LogP contribution in [-0.4, -0.2) is 22.8 Å². The Morgan fingerprint density at radius 2 is 2.05 bits per heavy atom. The lowest BCUT2D eigenvalue weighted by Crippen LogP contribution is -2.30. The fraction of sp³-hybridized carbons (Fsp3) is 0.188. The van der Waals surface area contributed by atoms with Crippen LogP contribution in [0.5, 0.6) is 0 Å². The average molecular weight is 265 g/mol. The van der Waals surface area contributed by atoms with Gasteiger partial charge in [-0.1, -0.05) is 18.2 Å². The summed E-state index contributed by atoms with van der Waals surface area (Å²) in [5, 5.41) is 9.07. The molecule has 0 aliphatic rings. The van der Waals surface area contributed by atoms with Crippen LogP contribution in [0.2, 0.25) is 0 Å². The number of carbonyl (C=O) groups is 1. The highest BCUT2D eigenvalue weighted by molar-refractivity contribution is 5.96. The molecule has 2 rings (SSSR count). The van der Waals surface area contributed by atoms with Gasteiger partial charge < -0.3 is 4.90 Å². The van der Waals surface area contributed by atoms with Crippen molar-refractivity contribution in [1.29, 1.82) is 5.26 Å². The Hall–Kier alpha value is -2.67. The first-order valence-corrected chi connectivity index (χ1v) is 6.31. The zero-order valence-electron chi connectivity index (χ0n) is 11.4. The zero-order valence-corrected chi connectivity index (χ0v) is 11.4. The van der Waals surface area contributed by atoms with E-state index in [2.05, 4.69) is 11.1 Å². The Kier molecular flexibility index (Phi) is 4.11. The number of nitriles is 1. The molecule has 1 unspecified atom stereocenters. The van der Waals surface area contributed by atoms with Gasteiger partial charge in [0, 0.05) is 19.4 Å². The molecule has 0 fully saturated rings. The topological polar surface area (TPSA) is 57.0 Å². The number of benzene rings is 1. The summed E-state index contributed by atoms with van der Waals surface area (Å²) >= 11 is 0. The standard InChI is InChI=1S/C16H15N3O/c1-12(14-7-5-9-18-11-14)19(2)16(20)15-8-4-3-6-13(15)10-17/h3-9,11-12H,1-2H3. The monoisotopic (exact) mass is 265 g/mol. The van der Waals surface area contributed by atoms with Gasteiger partial charge in [0.25, 0.3) is 5.91 Å². The molecule has 0 N–H and O–H groups in total. The van der Waals surface area contributed by atoms with Crippen molar-refractivity contribution in [3.8, 4) is 6.07 Å². The van der Waals surface area contributed by atoms with Crippen LogP contribution in [0.1, 0.15) is 34.5 Å². The first kappa shape index (κ1) is 13.8. The number of aromatic nitrogens is 1. The molecule has 0 aliphatic carbocycles. The van der Waals surface area contributed by atoms with Crippen molar-refractivity contribution in [2.75, 3.05) is 7.05 Å². The number of carbonyl (C=O) groups excluding carboxylic acids is 1. The summed E-state index contributed by atoms with van der Waals surface area (Å²) in [7, 11) is 1.73. The van der Waals surface area contributed by atoms with E-state index in [4.69, 9.17) is 5.26 Å². The first-order chi connectivity index (χ1) is 9.65. The van der Waals surface area contributed by atoms with Crippen LogP contribution in [0, 0.1) is 11.3 Å². The van der Waals surface area contributed by atoms with Crippen LogP contribution in [0.4, 0.5) is 0 Å². The SMILES string of the molecule is CC(c1cccnc1)N(C)C(=O)c1ccccc1C#N. The zero-order chi connectivity index (χ0) is 14.5. The Balaban J connectivity index is 2.27. The van der Waals surface area contributed by atoms with E-state index < -0.39 is 0 Å². The number of hydrogen-bond donors (Lipinski definition) is 0. The maximum Gasteiger partial charge on any atom is 0.255 e. The molecule has 100 valence electrons.